The normalized spacial score (nSPS) is 16.6. The van der Waals surface area contributed by atoms with Gasteiger partial charge >= 0.3 is 0 Å². The zero-order valence-corrected chi connectivity index (χ0v) is 10.1. The molecule has 4 nitrogen and oxygen atoms in total. The first kappa shape index (κ1) is 11.8. The summed E-state index contributed by atoms with van der Waals surface area (Å²) < 4.78 is 0. The van der Waals surface area contributed by atoms with Gasteiger partial charge in [0.2, 0.25) is 5.91 Å². The zero-order chi connectivity index (χ0) is 12.4. The molecular weight excluding hydrogens is 216 g/mol. The van der Waals surface area contributed by atoms with Crippen LogP contribution in [0.1, 0.15) is 18.9 Å². The predicted octanol–water partition coefficient (Wildman–Crippen LogP) is 1.54. The Hall–Kier alpha value is -1.68. The summed E-state index contributed by atoms with van der Waals surface area (Å²) in [4.78, 5) is 23.0. The molecule has 0 aromatic heterocycles. The van der Waals surface area contributed by atoms with E-state index >= 15 is 0 Å². The van der Waals surface area contributed by atoms with Gasteiger partial charge in [-0.05, 0) is 26.0 Å². The molecule has 0 atom stereocenters. The molecule has 4 heteroatoms. The fraction of sp³-hybridized carbons (Fsp3) is 0.385. The maximum atomic E-state index is 11.8. The van der Waals surface area contributed by atoms with Gasteiger partial charge in [0.15, 0.2) is 0 Å². The smallest absolute Gasteiger partial charge is 0.242 e. The van der Waals surface area contributed by atoms with Gasteiger partial charge in [-0.1, -0.05) is 17.7 Å². The van der Waals surface area contributed by atoms with Crippen LogP contribution in [0.4, 0.5) is 5.69 Å². The molecule has 0 bridgehead atoms. The third kappa shape index (κ3) is 2.53. The van der Waals surface area contributed by atoms with Crippen molar-refractivity contribution in [1.82, 2.24) is 5.01 Å². The number of Topliss-reactive ketones (excluding diaryl/α,β-unsaturated/α-hetero) is 1. The first-order chi connectivity index (χ1) is 8.08. The number of aryl methyl sites for hydroxylation is 1. The van der Waals surface area contributed by atoms with Crippen molar-refractivity contribution in [3.05, 3.63) is 29.8 Å². The number of carbonyl (C=O) groups excluding carboxylic acids is 2. The number of carbonyl (C=O) groups is 2. The van der Waals surface area contributed by atoms with Crippen molar-refractivity contribution in [1.29, 1.82) is 0 Å². The van der Waals surface area contributed by atoms with Crippen LogP contribution in [0.2, 0.25) is 0 Å². The van der Waals surface area contributed by atoms with Gasteiger partial charge in [-0.3, -0.25) is 9.59 Å². The van der Waals surface area contributed by atoms with Crippen molar-refractivity contribution < 1.29 is 9.59 Å². The van der Waals surface area contributed by atoms with Gasteiger partial charge in [-0.25, -0.2) is 10.0 Å². The molecule has 1 heterocycles. The molecule has 0 radical (unpaired) electrons. The van der Waals surface area contributed by atoms with Gasteiger partial charge in [-0.2, -0.15) is 0 Å². The number of hydrogen-bond acceptors (Lipinski definition) is 3. The Bertz CT molecular complexity index is 439. The zero-order valence-electron chi connectivity index (χ0n) is 10.1. The maximum Gasteiger partial charge on any atom is 0.242 e. The number of amides is 1. The summed E-state index contributed by atoms with van der Waals surface area (Å²) >= 11 is 0. The van der Waals surface area contributed by atoms with E-state index in [4.69, 9.17) is 0 Å². The Morgan fingerprint density at radius 1 is 1.29 bits per heavy atom. The molecule has 0 saturated carbocycles. The monoisotopic (exact) mass is 232 g/mol. The van der Waals surface area contributed by atoms with Crippen LogP contribution < -0.4 is 5.01 Å². The number of hydrazine groups is 1. The molecule has 0 spiro atoms. The Balaban J connectivity index is 2.24. The molecule has 1 fully saturated rings. The number of nitrogens with zero attached hydrogens (tertiary/aromatic N) is 2. The van der Waals surface area contributed by atoms with E-state index in [1.807, 2.05) is 31.2 Å². The lowest BCUT2D eigenvalue weighted by Crippen LogP contribution is -2.41. The quantitative estimate of drug-likeness (QED) is 0.793. The van der Waals surface area contributed by atoms with Crippen LogP contribution >= 0.6 is 0 Å². The second-order valence-corrected chi connectivity index (χ2v) is 4.38. The fourth-order valence-corrected chi connectivity index (χ4v) is 1.99. The molecule has 0 N–H and O–H groups in total. The van der Waals surface area contributed by atoms with Crippen LogP contribution in [0, 0.1) is 6.92 Å². The van der Waals surface area contributed by atoms with Crippen molar-refractivity contribution in [3.63, 3.8) is 0 Å². The van der Waals surface area contributed by atoms with Crippen LogP contribution in [-0.2, 0) is 9.59 Å². The highest BCUT2D eigenvalue weighted by atomic mass is 16.2. The van der Waals surface area contributed by atoms with E-state index in [9.17, 15) is 9.59 Å². The first-order valence-corrected chi connectivity index (χ1v) is 5.72. The highest BCUT2D eigenvalue weighted by molar-refractivity contribution is 5.95. The third-order valence-electron chi connectivity index (χ3n) is 2.79. The van der Waals surface area contributed by atoms with Gasteiger partial charge in [0.05, 0.1) is 12.2 Å². The second-order valence-electron chi connectivity index (χ2n) is 4.38. The van der Waals surface area contributed by atoms with Crippen molar-refractivity contribution in [3.8, 4) is 0 Å². The number of hydrogen-bond donors (Lipinski definition) is 0. The van der Waals surface area contributed by atoms with Crippen molar-refractivity contribution in [2.75, 3.05) is 18.1 Å². The van der Waals surface area contributed by atoms with E-state index in [2.05, 4.69) is 0 Å². The standard InChI is InChI=1S/C13H16N2O2/c1-10-3-5-12(6-4-10)15-13(17)7-8-14(15)9-11(2)16/h3-6H,7-9H2,1-2H3. The summed E-state index contributed by atoms with van der Waals surface area (Å²) in [6.45, 7) is 4.45. The van der Waals surface area contributed by atoms with Gasteiger partial charge in [0.1, 0.15) is 5.78 Å². The lowest BCUT2D eigenvalue weighted by Gasteiger charge is -2.27. The maximum absolute atomic E-state index is 11.8. The van der Waals surface area contributed by atoms with Gasteiger partial charge < -0.3 is 0 Å². The molecule has 1 aromatic carbocycles. The summed E-state index contributed by atoms with van der Waals surface area (Å²) in [5.41, 5.74) is 1.98. The average molecular weight is 232 g/mol. The minimum Gasteiger partial charge on any atom is -0.298 e. The SMILES string of the molecule is CC(=O)CN1CCC(=O)N1c1ccc(C)cc1. The molecule has 2 rings (SSSR count). The average Bonchev–Trinajstić information content (AvgIpc) is 2.61. The highest BCUT2D eigenvalue weighted by Crippen LogP contribution is 2.22. The highest BCUT2D eigenvalue weighted by Gasteiger charge is 2.30. The molecule has 1 saturated heterocycles. The van der Waals surface area contributed by atoms with Gasteiger partial charge in [0.25, 0.3) is 0 Å². The summed E-state index contributed by atoms with van der Waals surface area (Å²) in [5.74, 6) is 0.118. The van der Waals surface area contributed by atoms with E-state index in [1.165, 1.54) is 6.92 Å². The van der Waals surface area contributed by atoms with E-state index in [-0.39, 0.29) is 11.7 Å². The molecule has 1 amide bonds. The van der Waals surface area contributed by atoms with Crippen LogP contribution in [0.25, 0.3) is 0 Å². The minimum absolute atomic E-state index is 0.0510. The predicted molar refractivity (Wildman–Crippen MR) is 65.5 cm³/mol. The molecular formula is C13H16N2O2. The molecule has 1 aliphatic heterocycles. The largest absolute Gasteiger partial charge is 0.298 e. The van der Waals surface area contributed by atoms with Gasteiger partial charge in [-0.15, -0.1) is 0 Å². The number of ketones is 1. The minimum atomic E-state index is 0.0510. The number of benzene rings is 1. The van der Waals surface area contributed by atoms with Crippen molar-refractivity contribution in [2.45, 2.75) is 20.3 Å². The van der Waals surface area contributed by atoms with E-state index in [0.717, 1.165) is 11.3 Å². The van der Waals surface area contributed by atoms with Crippen LogP contribution in [-0.4, -0.2) is 29.8 Å². The molecule has 0 aliphatic carbocycles. The second kappa shape index (κ2) is 4.67. The fourth-order valence-electron chi connectivity index (χ4n) is 1.99. The first-order valence-electron chi connectivity index (χ1n) is 5.72. The van der Waals surface area contributed by atoms with Crippen molar-refractivity contribution >= 4 is 17.4 Å². The van der Waals surface area contributed by atoms with Crippen LogP contribution in [0.5, 0.6) is 0 Å². The number of anilines is 1. The topological polar surface area (TPSA) is 40.6 Å². The summed E-state index contributed by atoms with van der Waals surface area (Å²) in [5, 5.41) is 3.41. The molecule has 1 aromatic rings. The van der Waals surface area contributed by atoms with Crippen LogP contribution in [0.3, 0.4) is 0 Å². The summed E-state index contributed by atoms with van der Waals surface area (Å²) in [7, 11) is 0. The van der Waals surface area contributed by atoms with Crippen LogP contribution in [0.15, 0.2) is 24.3 Å². The Kier molecular flexibility index (Phi) is 3.24. The molecule has 90 valence electrons. The van der Waals surface area contributed by atoms with E-state index in [1.54, 1.807) is 10.0 Å². The summed E-state index contributed by atoms with van der Waals surface area (Å²) in [6, 6.07) is 7.75. The Morgan fingerprint density at radius 3 is 2.53 bits per heavy atom. The lowest BCUT2D eigenvalue weighted by atomic mass is 10.2. The molecule has 17 heavy (non-hydrogen) atoms. The van der Waals surface area contributed by atoms with Crippen molar-refractivity contribution in [2.24, 2.45) is 0 Å². The molecule has 0 unspecified atom stereocenters. The Morgan fingerprint density at radius 2 is 1.94 bits per heavy atom. The summed E-state index contributed by atoms with van der Waals surface area (Å²) in [6.07, 6.45) is 0.473. The van der Waals surface area contributed by atoms with Gasteiger partial charge in [0, 0.05) is 13.0 Å². The molecule has 1 aliphatic rings. The van der Waals surface area contributed by atoms with E-state index in [0.29, 0.717) is 19.5 Å². The third-order valence-corrected chi connectivity index (χ3v) is 2.79. The number of rotatable bonds is 3. The van der Waals surface area contributed by atoms with E-state index < -0.39 is 0 Å². The Labute approximate surface area is 101 Å². The lowest BCUT2D eigenvalue weighted by molar-refractivity contribution is -0.119.